The molecule has 1 aliphatic rings. The summed E-state index contributed by atoms with van der Waals surface area (Å²) in [4.78, 5) is 10.7. The minimum Gasteiger partial charge on any atom is -0.481 e. The second kappa shape index (κ2) is 4.50. The van der Waals surface area contributed by atoms with Crippen LogP contribution in [0.3, 0.4) is 0 Å². The van der Waals surface area contributed by atoms with Crippen LogP contribution in [0.25, 0.3) is 0 Å². The topological polar surface area (TPSA) is 46.5 Å². The third-order valence-corrected chi connectivity index (χ3v) is 2.37. The van der Waals surface area contributed by atoms with Crippen LogP contribution in [0.4, 0.5) is 0 Å². The minimum absolute atomic E-state index is 0.0255. The van der Waals surface area contributed by atoms with Crippen LogP contribution in [0.5, 0.6) is 0 Å². The van der Waals surface area contributed by atoms with E-state index in [0.717, 1.165) is 19.2 Å². The predicted octanol–water partition coefficient (Wildman–Crippen LogP) is 0.308. The molecule has 1 aliphatic heterocycles. The van der Waals surface area contributed by atoms with Crippen molar-refractivity contribution in [3.05, 3.63) is 0 Å². The molecular formula is C8H15BO3. The third kappa shape index (κ3) is 2.24. The summed E-state index contributed by atoms with van der Waals surface area (Å²) in [7, 11) is 2.10. The van der Waals surface area contributed by atoms with Crippen LogP contribution in [0, 0.1) is 5.92 Å². The van der Waals surface area contributed by atoms with Gasteiger partial charge in [-0.05, 0) is 12.8 Å². The van der Waals surface area contributed by atoms with E-state index >= 15 is 0 Å². The van der Waals surface area contributed by atoms with E-state index in [4.69, 9.17) is 9.84 Å². The molecule has 0 aromatic carbocycles. The average Bonchev–Trinajstić information content (AvgIpc) is 2.48. The van der Waals surface area contributed by atoms with E-state index in [1.54, 1.807) is 0 Å². The normalized spacial score (nSPS) is 29.0. The first-order valence-electron chi connectivity index (χ1n) is 4.60. The van der Waals surface area contributed by atoms with E-state index in [1.165, 1.54) is 0 Å². The number of hydrogen-bond donors (Lipinski definition) is 1. The lowest BCUT2D eigenvalue weighted by Crippen LogP contribution is -2.23. The van der Waals surface area contributed by atoms with Crippen molar-refractivity contribution in [2.45, 2.75) is 31.7 Å². The molecule has 2 atom stereocenters. The molecule has 3 nitrogen and oxygen atoms in total. The largest absolute Gasteiger partial charge is 0.481 e. The molecule has 0 unspecified atom stereocenters. The number of aliphatic carboxylic acids is 1. The molecule has 0 bridgehead atoms. The van der Waals surface area contributed by atoms with Gasteiger partial charge in [-0.25, -0.2) is 0 Å². The number of carboxylic acids is 1. The maximum Gasteiger partial charge on any atom is 0.309 e. The Kier molecular flexibility index (Phi) is 3.60. The van der Waals surface area contributed by atoms with Gasteiger partial charge in [0.25, 0.3) is 0 Å². The molecule has 4 heteroatoms. The molecule has 1 N–H and O–H groups in total. The van der Waals surface area contributed by atoms with Crippen LogP contribution in [0.2, 0.25) is 6.32 Å². The first-order valence-corrected chi connectivity index (χ1v) is 4.60. The third-order valence-electron chi connectivity index (χ3n) is 2.37. The van der Waals surface area contributed by atoms with Crippen LogP contribution in [0.1, 0.15) is 19.3 Å². The lowest BCUT2D eigenvalue weighted by Gasteiger charge is -2.13. The molecule has 0 aromatic heterocycles. The standard InChI is InChI=1S/C8H15BO3/c9-4-1-2-7-6(8(10)11)3-5-12-7/h6-7H,1-5,9H2,(H,10,11)/t6-,7+/m1/s1. The van der Waals surface area contributed by atoms with Crippen LogP contribution in [-0.2, 0) is 9.53 Å². The minimum atomic E-state index is -0.700. The highest BCUT2D eigenvalue weighted by molar-refractivity contribution is 6.08. The molecule has 1 heterocycles. The van der Waals surface area contributed by atoms with Crippen molar-refractivity contribution in [1.82, 2.24) is 0 Å². The predicted molar refractivity (Wildman–Crippen MR) is 48.1 cm³/mol. The quantitative estimate of drug-likeness (QED) is 0.617. The summed E-state index contributed by atoms with van der Waals surface area (Å²) in [6.07, 6.45) is 3.72. The molecule has 12 heavy (non-hydrogen) atoms. The second-order valence-electron chi connectivity index (χ2n) is 3.28. The van der Waals surface area contributed by atoms with E-state index in [0.29, 0.717) is 13.0 Å². The van der Waals surface area contributed by atoms with Crippen LogP contribution in [-0.4, -0.2) is 31.6 Å². The van der Waals surface area contributed by atoms with Gasteiger partial charge in [0.15, 0.2) is 0 Å². The fraction of sp³-hybridized carbons (Fsp3) is 0.875. The molecule has 0 aromatic rings. The van der Waals surface area contributed by atoms with Crippen LogP contribution >= 0.6 is 0 Å². The molecule has 0 amide bonds. The summed E-state index contributed by atoms with van der Waals surface area (Å²) < 4.78 is 5.35. The number of rotatable bonds is 4. The first-order chi connectivity index (χ1) is 5.75. The van der Waals surface area contributed by atoms with E-state index < -0.39 is 5.97 Å². The molecule has 0 spiro atoms. The number of carboxylic acid groups (broad SMARTS) is 1. The highest BCUT2D eigenvalue weighted by Gasteiger charge is 2.33. The Morgan fingerprint density at radius 1 is 1.67 bits per heavy atom. The number of carbonyl (C=O) groups is 1. The van der Waals surface area contributed by atoms with Gasteiger partial charge in [0.2, 0.25) is 0 Å². The molecular weight excluding hydrogens is 155 g/mol. The van der Waals surface area contributed by atoms with Gasteiger partial charge in [-0.1, -0.05) is 12.7 Å². The first kappa shape index (κ1) is 9.58. The average molecular weight is 170 g/mol. The Morgan fingerprint density at radius 3 is 3.00 bits per heavy atom. The zero-order valence-corrected chi connectivity index (χ0v) is 7.45. The lowest BCUT2D eigenvalue weighted by molar-refractivity contribution is -0.143. The smallest absolute Gasteiger partial charge is 0.309 e. The second-order valence-corrected chi connectivity index (χ2v) is 3.28. The van der Waals surface area contributed by atoms with Gasteiger partial charge in [0.1, 0.15) is 7.85 Å². The maximum absolute atomic E-state index is 10.7. The van der Waals surface area contributed by atoms with Crippen molar-refractivity contribution < 1.29 is 14.6 Å². The molecule has 68 valence electrons. The number of ether oxygens (including phenoxy) is 1. The molecule has 0 aliphatic carbocycles. The van der Waals surface area contributed by atoms with Crippen molar-refractivity contribution >= 4 is 13.8 Å². The highest BCUT2D eigenvalue weighted by atomic mass is 16.5. The fourth-order valence-corrected chi connectivity index (χ4v) is 1.62. The van der Waals surface area contributed by atoms with Crippen molar-refractivity contribution in [2.24, 2.45) is 5.92 Å². The van der Waals surface area contributed by atoms with Gasteiger partial charge in [-0.15, -0.1) is 0 Å². The number of hydrogen-bond acceptors (Lipinski definition) is 2. The molecule has 0 saturated carbocycles. The lowest BCUT2D eigenvalue weighted by atomic mass is 9.93. The Hall–Kier alpha value is -0.505. The Balaban J connectivity index is 2.35. The van der Waals surface area contributed by atoms with Crippen molar-refractivity contribution in [1.29, 1.82) is 0 Å². The maximum atomic E-state index is 10.7. The summed E-state index contributed by atoms with van der Waals surface area (Å²) in [5.74, 6) is -0.954. The van der Waals surface area contributed by atoms with Crippen molar-refractivity contribution in [2.75, 3.05) is 6.61 Å². The molecule has 1 fully saturated rings. The molecule has 1 rings (SSSR count). The van der Waals surface area contributed by atoms with Gasteiger partial charge in [-0.3, -0.25) is 4.79 Å². The molecule has 0 radical (unpaired) electrons. The van der Waals surface area contributed by atoms with Crippen LogP contribution < -0.4 is 0 Å². The summed E-state index contributed by atoms with van der Waals surface area (Å²) in [6.45, 7) is 0.616. The van der Waals surface area contributed by atoms with E-state index in [2.05, 4.69) is 7.85 Å². The van der Waals surface area contributed by atoms with E-state index in [9.17, 15) is 4.79 Å². The van der Waals surface area contributed by atoms with Crippen molar-refractivity contribution in [3.8, 4) is 0 Å². The Bertz CT molecular complexity index is 160. The van der Waals surface area contributed by atoms with Crippen molar-refractivity contribution in [3.63, 3.8) is 0 Å². The summed E-state index contributed by atoms with van der Waals surface area (Å²) in [5, 5.41) is 8.80. The zero-order valence-electron chi connectivity index (χ0n) is 7.45. The highest BCUT2D eigenvalue weighted by Crippen LogP contribution is 2.24. The van der Waals surface area contributed by atoms with E-state index in [-0.39, 0.29) is 12.0 Å². The monoisotopic (exact) mass is 170 g/mol. The SMILES string of the molecule is BCCC[C@@H]1OCC[C@H]1C(=O)O. The summed E-state index contributed by atoms with van der Waals surface area (Å²) in [6, 6.07) is 0. The van der Waals surface area contributed by atoms with Gasteiger partial charge >= 0.3 is 5.97 Å². The summed E-state index contributed by atoms with van der Waals surface area (Å²) >= 11 is 0. The van der Waals surface area contributed by atoms with E-state index in [1.807, 2.05) is 0 Å². The molecule has 1 saturated heterocycles. The Morgan fingerprint density at radius 2 is 2.42 bits per heavy atom. The van der Waals surface area contributed by atoms with Gasteiger partial charge in [0.05, 0.1) is 12.0 Å². The fourth-order valence-electron chi connectivity index (χ4n) is 1.62. The summed E-state index contributed by atoms with van der Waals surface area (Å²) in [5.41, 5.74) is 0. The Labute approximate surface area is 73.5 Å². The zero-order chi connectivity index (χ0) is 8.97. The van der Waals surface area contributed by atoms with Gasteiger partial charge in [0, 0.05) is 6.61 Å². The van der Waals surface area contributed by atoms with Gasteiger partial charge < -0.3 is 9.84 Å². The van der Waals surface area contributed by atoms with Gasteiger partial charge in [-0.2, -0.15) is 0 Å². The van der Waals surface area contributed by atoms with Crippen LogP contribution in [0.15, 0.2) is 0 Å².